The predicted octanol–water partition coefficient (Wildman–Crippen LogP) is 4.09. The van der Waals surface area contributed by atoms with Crippen LogP contribution < -0.4 is 5.43 Å². The molecule has 0 radical (unpaired) electrons. The predicted molar refractivity (Wildman–Crippen MR) is 75.8 cm³/mol. The molecule has 0 fully saturated rings. The molecular weight excluding hydrogens is 298 g/mol. The molecule has 3 nitrogen and oxygen atoms in total. The van der Waals surface area contributed by atoms with E-state index in [2.05, 4.69) is 10.1 Å². The number of aryl methyl sites for hydroxylation is 2. The van der Waals surface area contributed by atoms with E-state index in [4.69, 9.17) is 0 Å². The van der Waals surface area contributed by atoms with E-state index in [1.54, 1.807) is 13.0 Å². The maximum Gasteiger partial charge on any atom is 0.254 e. The average Bonchev–Trinajstić information content (AvgIpc) is 2.47. The molecule has 0 aliphatic rings. The van der Waals surface area contributed by atoms with E-state index < -0.39 is 29.2 Å². The minimum Gasteiger partial charge on any atom is -0.272 e. The highest BCUT2D eigenvalue weighted by molar-refractivity contribution is 5.99. The molecule has 0 unspecified atom stereocenters. The van der Waals surface area contributed by atoms with E-state index in [9.17, 15) is 17.6 Å². The Kier molecular flexibility index (Phi) is 4.44. The molecule has 1 heterocycles. The van der Waals surface area contributed by atoms with Gasteiger partial charge in [0, 0.05) is 0 Å². The summed E-state index contributed by atoms with van der Waals surface area (Å²) in [6, 6.07) is 5.50. The van der Waals surface area contributed by atoms with Crippen molar-refractivity contribution in [1.29, 1.82) is 0 Å². The van der Waals surface area contributed by atoms with Crippen LogP contribution in [0.1, 0.15) is 23.6 Å². The lowest BCUT2D eigenvalue weighted by atomic mass is 10.0. The van der Waals surface area contributed by atoms with E-state index in [1.165, 1.54) is 0 Å². The van der Waals surface area contributed by atoms with Crippen LogP contribution in [0.15, 0.2) is 23.3 Å². The molecule has 0 aliphatic heterocycles. The van der Waals surface area contributed by atoms with Crippen molar-refractivity contribution in [2.75, 3.05) is 5.43 Å². The number of pyridine rings is 1. The molecule has 7 heteroatoms. The monoisotopic (exact) mass is 311 g/mol. The van der Waals surface area contributed by atoms with Gasteiger partial charge in [-0.3, -0.25) is 5.43 Å². The number of rotatable bonds is 3. The highest BCUT2D eigenvalue weighted by Crippen LogP contribution is 2.22. The van der Waals surface area contributed by atoms with Gasteiger partial charge in [-0.25, -0.2) is 0 Å². The molecule has 0 spiro atoms. The third-order valence-electron chi connectivity index (χ3n) is 3.26. The molecule has 0 amide bonds. The zero-order valence-corrected chi connectivity index (χ0v) is 12.1. The number of hydrazone groups is 1. The first-order chi connectivity index (χ1) is 10.3. The molecule has 0 saturated heterocycles. The molecule has 0 atom stereocenters. The van der Waals surface area contributed by atoms with Crippen LogP contribution in [0.4, 0.5) is 23.2 Å². The third kappa shape index (κ3) is 3.08. The van der Waals surface area contributed by atoms with Crippen LogP contribution >= 0.6 is 0 Å². The summed E-state index contributed by atoms with van der Waals surface area (Å²) in [6.07, 6.45) is 0. The van der Waals surface area contributed by atoms with Crippen molar-refractivity contribution in [2.45, 2.75) is 20.8 Å². The van der Waals surface area contributed by atoms with Crippen molar-refractivity contribution >= 4 is 11.4 Å². The largest absolute Gasteiger partial charge is 0.272 e. The fourth-order valence-corrected chi connectivity index (χ4v) is 1.76. The van der Waals surface area contributed by atoms with Gasteiger partial charge in [0.05, 0.1) is 5.71 Å². The number of benzene rings is 1. The number of aromatic nitrogens is 1. The standard InChI is InChI=1S/C15H13F4N3/c1-7-4-5-10(6-8(7)2)9(3)21-22-13-11(16)14(18)20-15(19)12(13)17/h4-6H,1-3H3,(H,20,22)/b21-9-. The van der Waals surface area contributed by atoms with E-state index >= 15 is 0 Å². The van der Waals surface area contributed by atoms with Crippen LogP contribution in [0.5, 0.6) is 0 Å². The van der Waals surface area contributed by atoms with Crippen molar-refractivity contribution in [3.63, 3.8) is 0 Å². The second kappa shape index (κ2) is 6.13. The molecule has 2 aromatic rings. The number of hydrogen-bond acceptors (Lipinski definition) is 3. The summed E-state index contributed by atoms with van der Waals surface area (Å²) in [5.74, 6) is -6.73. The number of nitrogens with zero attached hydrogens (tertiary/aromatic N) is 2. The summed E-state index contributed by atoms with van der Waals surface area (Å²) in [5, 5.41) is 3.76. The summed E-state index contributed by atoms with van der Waals surface area (Å²) in [5.41, 5.74) is 4.21. The molecule has 1 aromatic carbocycles. The van der Waals surface area contributed by atoms with E-state index in [0.29, 0.717) is 11.3 Å². The van der Waals surface area contributed by atoms with E-state index in [0.717, 1.165) is 11.1 Å². The van der Waals surface area contributed by atoms with Crippen LogP contribution in [-0.4, -0.2) is 10.7 Å². The maximum atomic E-state index is 13.4. The van der Waals surface area contributed by atoms with Gasteiger partial charge in [-0.05, 0) is 43.5 Å². The Morgan fingerprint density at radius 2 is 1.59 bits per heavy atom. The lowest BCUT2D eigenvalue weighted by molar-refractivity contribution is 0.411. The second-order valence-electron chi connectivity index (χ2n) is 4.80. The first-order valence-electron chi connectivity index (χ1n) is 6.39. The number of anilines is 1. The Labute approximate surface area is 124 Å². The molecule has 116 valence electrons. The van der Waals surface area contributed by atoms with Gasteiger partial charge in [0.2, 0.25) is 11.6 Å². The van der Waals surface area contributed by atoms with Crippen molar-refractivity contribution < 1.29 is 17.6 Å². The summed E-state index contributed by atoms with van der Waals surface area (Å²) in [6.45, 7) is 5.45. The Balaban J connectivity index is 2.34. The van der Waals surface area contributed by atoms with E-state index in [-0.39, 0.29) is 0 Å². The van der Waals surface area contributed by atoms with Crippen molar-refractivity contribution in [2.24, 2.45) is 5.10 Å². The number of halogens is 4. The van der Waals surface area contributed by atoms with Gasteiger partial charge >= 0.3 is 0 Å². The van der Waals surface area contributed by atoms with Gasteiger partial charge in [0.1, 0.15) is 5.69 Å². The first kappa shape index (κ1) is 15.9. The summed E-state index contributed by atoms with van der Waals surface area (Å²) in [4.78, 5) is 2.47. The molecule has 22 heavy (non-hydrogen) atoms. The Morgan fingerprint density at radius 1 is 1.00 bits per heavy atom. The van der Waals surface area contributed by atoms with Gasteiger partial charge in [-0.2, -0.15) is 27.6 Å². The highest BCUT2D eigenvalue weighted by Gasteiger charge is 2.20. The van der Waals surface area contributed by atoms with Crippen molar-refractivity contribution in [3.8, 4) is 0 Å². The molecule has 0 aliphatic carbocycles. The normalized spacial score (nSPS) is 11.7. The lowest BCUT2D eigenvalue weighted by Gasteiger charge is -2.08. The minimum atomic E-state index is -1.74. The lowest BCUT2D eigenvalue weighted by Crippen LogP contribution is -2.08. The first-order valence-corrected chi connectivity index (χ1v) is 6.39. The minimum absolute atomic E-state index is 0.402. The zero-order chi connectivity index (χ0) is 16.4. The van der Waals surface area contributed by atoms with Crippen molar-refractivity contribution in [3.05, 3.63) is 58.4 Å². The van der Waals surface area contributed by atoms with Gasteiger partial charge in [-0.15, -0.1) is 0 Å². The van der Waals surface area contributed by atoms with Crippen LogP contribution in [0.3, 0.4) is 0 Å². The van der Waals surface area contributed by atoms with Crippen LogP contribution in [0.2, 0.25) is 0 Å². The van der Waals surface area contributed by atoms with Crippen LogP contribution in [0, 0.1) is 37.4 Å². The quantitative estimate of drug-likeness (QED) is 0.401. The molecule has 0 saturated carbocycles. The van der Waals surface area contributed by atoms with Gasteiger partial charge in [-0.1, -0.05) is 12.1 Å². The van der Waals surface area contributed by atoms with Gasteiger partial charge in [0.25, 0.3) is 11.9 Å². The van der Waals surface area contributed by atoms with Crippen LogP contribution in [-0.2, 0) is 0 Å². The smallest absolute Gasteiger partial charge is 0.254 e. The summed E-state index contributed by atoms with van der Waals surface area (Å²) in [7, 11) is 0. The van der Waals surface area contributed by atoms with Gasteiger partial charge in [0.15, 0.2) is 0 Å². The highest BCUT2D eigenvalue weighted by atomic mass is 19.2. The fraction of sp³-hybridized carbons (Fsp3) is 0.200. The van der Waals surface area contributed by atoms with Gasteiger partial charge < -0.3 is 0 Å². The number of nitrogens with one attached hydrogen (secondary N) is 1. The molecule has 2 rings (SSSR count). The summed E-state index contributed by atoms with van der Waals surface area (Å²) < 4.78 is 52.8. The molecule has 0 bridgehead atoms. The number of hydrogen-bond donors (Lipinski definition) is 1. The second-order valence-corrected chi connectivity index (χ2v) is 4.80. The average molecular weight is 311 g/mol. The Bertz CT molecular complexity index is 731. The fourth-order valence-electron chi connectivity index (χ4n) is 1.76. The van der Waals surface area contributed by atoms with E-state index in [1.807, 2.05) is 31.4 Å². The Morgan fingerprint density at radius 3 is 2.14 bits per heavy atom. The maximum absolute atomic E-state index is 13.4. The summed E-state index contributed by atoms with van der Waals surface area (Å²) >= 11 is 0. The SMILES string of the molecule is C/C(=N/Nc1c(F)c(F)nc(F)c1F)c1ccc(C)c(C)c1. The molecule has 1 aromatic heterocycles. The zero-order valence-electron chi connectivity index (χ0n) is 12.1. The third-order valence-corrected chi connectivity index (χ3v) is 3.26. The topological polar surface area (TPSA) is 37.3 Å². The Hall–Kier alpha value is -2.44. The van der Waals surface area contributed by atoms with Crippen LogP contribution in [0.25, 0.3) is 0 Å². The molecule has 1 N–H and O–H groups in total. The van der Waals surface area contributed by atoms with Crippen molar-refractivity contribution in [1.82, 2.24) is 4.98 Å². The molecular formula is C15H13F4N3.